The Kier molecular flexibility index (Phi) is 6.68. The van der Waals surface area contributed by atoms with E-state index in [1.54, 1.807) is 11.8 Å². The fourth-order valence-electron chi connectivity index (χ4n) is 1.78. The summed E-state index contributed by atoms with van der Waals surface area (Å²) in [6.07, 6.45) is 2.02. The van der Waals surface area contributed by atoms with Crippen LogP contribution in [0.4, 0.5) is 0 Å². The molecule has 0 radical (unpaired) electrons. The van der Waals surface area contributed by atoms with Gasteiger partial charge in [0.2, 0.25) is 0 Å². The van der Waals surface area contributed by atoms with Gasteiger partial charge in [0.15, 0.2) is 0 Å². The van der Waals surface area contributed by atoms with Gasteiger partial charge in [-0.15, -0.1) is 0 Å². The molecular weight excluding hydrogens is 224 g/mol. The molecule has 96 valence electrons. The topological polar surface area (TPSA) is 44.7 Å². The van der Waals surface area contributed by atoms with Gasteiger partial charge in [-0.3, -0.25) is 4.90 Å². The average Bonchev–Trinajstić information content (AvgIpc) is 2.26. The van der Waals surface area contributed by atoms with Crippen molar-refractivity contribution in [2.75, 3.05) is 57.9 Å². The first-order valence-corrected chi connectivity index (χ1v) is 7.25. The Morgan fingerprint density at radius 1 is 1.44 bits per heavy atom. The highest BCUT2D eigenvalue weighted by molar-refractivity contribution is 7.98. The Balaban J connectivity index is 2.02. The van der Waals surface area contributed by atoms with E-state index in [0.29, 0.717) is 6.54 Å². The molecule has 0 spiro atoms. The first-order valence-electron chi connectivity index (χ1n) is 5.86. The van der Waals surface area contributed by atoms with Gasteiger partial charge in [-0.1, -0.05) is 0 Å². The molecule has 0 saturated carbocycles. The molecule has 1 atom stereocenters. The summed E-state index contributed by atoms with van der Waals surface area (Å²) in [5.41, 5.74) is -0.593. The molecule has 1 heterocycles. The van der Waals surface area contributed by atoms with Gasteiger partial charge in [0, 0.05) is 38.5 Å². The number of nitrogens with zero attached hydrogens (tertiary/aromatic N) is 1. The number of hydrogen-bond donors (Lipinski definition) is 2. The number of hydrogen-bond acceptors (Lipinski definition) is 5. The Bertz CT molecular complexity index is 185. The summed E-state index contributed by atoms with van der Waals surface area (Å²) < 4.78 is 5.29. The van der Waals surface area contributed by atoms with Crippen LogP contribution in [0, 0.1) is 0 Å². The van der Waals surface area contributed by atoms with Gasteiger partial charge in [0.25, 0.3) is 0 Å². The Morgan fingerprint density at radius 3 is 2.75 bits per heavy atom. The Hall–Kier alpha value is 0.190. The maximum atomic E-state index is 9.93. The monoisotopic (exact) mass is 248 g/mol. The molecule has 2 N–H and O–H groups in total. The van der Waals surface area contributed by atoms with E-state index in [0.717, 1.165) is 45.1 Å². The fraction of sp³-hybridized carbons (Fsp3) is 1.00. The number of rotatable bonds is 7. The highest BCUT2D eigenvalue weighted by atomic mass is 32.2. The second kappa shape index (κ2) is 7.50. The summed E-state index contributed by atoms with van der Waals surface area (Å²) >= 11 is 1.68. The average molecular weight is 248 g/mol. The number of nitrogens with one attached hydrogen (secondary N) is 1. The lowest BCUT2D eigenvalue weighted by atomic mass is 10.1. The maximum absolute atomic E-state index is 9.93. The molecule has 1 unspecified atom stereocenters. The van der Waals surface area contributed by atoms with Crippen LogP contribution in [0.1, 0.15) is 6.92 Å². The molecule has 1 aliphatic heterocycles. The molecule has 0 aliphatic carbocycles. The first kappa shape index (κ1) is 14.3. The molecule has 0 bridgehead atoms. The summed E-state index contributed by atoms with van der Waals surface area (Å²) in [7, 11) is 0. The lowest BCUT2D eigenvalue weighted by Gasteiger charge is -2.28. The van der Waals surface area contributed by atoms with Gasteiger partial charge in [0.05, 0.1) is 18.8 Å². The third-order valence-corrected chi connectivity index (χ3v) is 3.58. The van der Waals surface area contributed by atoms with Crippen molar-refractivity contribution < 1.29 is 9.84 Å². The summed E-state index contributed by atoms with van der Waals surface area (Å²) in [4.78, 5) is 2.39. The normalized spacial score (nSPS) is 21.9. The van der Waals surface area contributed by atoms with Crippen LogP contribution in [0.2, 0.25) is 0 Å². The Labute approximate surface area is 103 Å². The van der Waals surface area contributed by atoms with Crippen LogP contribution in [0.5, 0.6) is 0 Å². The largest absolute Gasteiger partial charge is 0.388 e. The van der Waals surface area contributed by atoms with Crippen LogP contribution in [0.25, 0.3) is 0 Å². The second-order valence-electron chi connectivity index (χ2n) is 4.56. The summed E-state index contributed by atoms with van der Waals surface area (Å²) in [6, 6.07) is 0. The minimum Gasteiger partial charge on any atom is -0.388 e. The van der Waals surface area contributed by atoms with Crippen molar-refractivity contribution in [3.63, 3.8) is 0 Å². The summed E-state index contributed by atoms with van der Waals surface area (Å²) in [5, 5.41) is 13.2. The third-order valence-electron chi connectivity index (χ3n) is 2.67. The minimum atomic E-state index is -0.593. The SMILES string of the molecule is CSCC(C)(O)CNCCN1CCOCC1. The maximum Gasteiger partial charge on any atom is 0.0833 e. The standard InChI is InChI=1S/C11H24N2O2S/c1-11(14,10-16-2)9-12-3-4-13-5-7-15-8-6-13/h12,14H,3-10H2,1-2H3. The molecule has 1 saturated heterocycles. The van der Waals surface area contributed by atoms with Crippen LogP contribution < -0.4 is 5.32 Å². The van der Waals surface area contributed by atoms with Crippen molar-refractivity contribution in [1.82, 2.24) is 10.2 Å². The number of thioether (sulfide) groups is 1. The second-order valence-corrected chi connectivity index (χ2v) is 5.43. The third kappa shape index (κ3) is 6.06. The number of aliphatic hydroxyl groups is 1. The molecule has 5 heteroatoms. The van der Waals surface area contributed by atoms with Crippen molar-refractivity contribution in [2.24, 2.45) is 0 Å². The van der Waals surface area contributed by atoms with E-state index in [9.17, 15) is 5.11 Å². The molecule has 1 aliphatic rings. The van der Waals surface area contributed by atoms with Crippen LogP contribution in [0.3, 0.4) is 0 Å². The van der Waals surface area contributed by atoms with Crippen molar-refractivity contribution in [2.45, 2.75) is 12.5 Å². The number of morpholine rings is 1. The molecule has 1 fully saturated rings. The van der Waals surface area contributed by atoms with E-state index in [1.807, 2.05) is 13.2 Å². The predicted molar refractivity (Wildman–Crippen MR) is 69.1 cm³/mol. The van der Waals surface area contributed by atoms with E-state index in [4.69, 9.17) is 4.74 Å². The van der Waals surface area contributed by atoms with Gasteiger partial charge in [-0.2, -0.15) is 11.8 Å². The fourth-order valence-corrected chi connectivity index (χ4v) is 2.51. The summed E-state index contributed by atoms with van der Waals surface area (Å²) in [6.45, 7) is 8.28. The van der Waals surface area contributed by atoms with Crippen LogP contribution in [0.15, 0.2) is 0 Å². The van der Waals surface area contributed by atoms with E-state index < -0.39 is 5.60 Å². The lowest BCUT2D eigenvalue weighted by Crippen LogP contribution is -2.44. The van der Waals surface area contributed by atoms with Crippen molar-refractivity contribution in [1.29, 1.82) is 0 Å². The highest BCUT2D eigenvalue weighted by Crippen LogP contribution is 2.08. The van der Waals surface area contributed by atoms with E-state index >= 15 is 0 Å². The van der Waals surface area contributed by atoms with Gasteiger partial charge in [-0.25, -0.2) is 0 Å². The smallest absolute Gasteiger partial charge is 0.0833 e. The van der Waals surface area contributed by atoms with Crippen molar-refractivity contribution in [3.8, 4) is 0 Å². The van der Waals surface area contributed by atoms with Gasteiger partial charge in [0.1, 0.15) is 0 Å². The van der Waals surface area contributed by atoms with Crippen LogP contribution >= 0.6 is 11.8 Å². The lowest BCUT2D eigenvalue weighted by molar-refractivity contribution is 0.0368. The van der Waals surface area contributed by atoms with Gasteiger partial charge < -0.3 is 15.2 Å². The molecule has 0 aromatic rings. The molecular formula is C11H24N2O2S. The molecule has 4 nitrogen and oxygen atoms in total. The van der Waals surface area contributed by atoms with E-state index in [2.05, 4.69) is 10.2 Å². The quantitative estimate of drug-likeness (QED) is 0.622. The minimum absolute atomic E-state index is 0.593. The molecule has 1 rings (SSSR count). The zero-order chi connectivity index (χ0) is 11.9. The predicted octanol–water partition coefficient (Wildman–Crippen LogP) is 0.0222. The van der Waals surface area contributed by atoms with E-state index in [1.165, 1.54) is 0 Å². The highest BCUT2D eigenvalue weighted by Gasteiger charge is 2.18. The van der Waals surface area contributed by atoms with Crippen molar-refractivity contribution >= 4 is 11.8 Å². The van der Waals surface area contributed by atoms with E-state index in [-0.39, 0.29) is 0 Å². The first-order chi connectivity index (χ1) is 7.64. The van der Waals surface area contributed by atoms with Gasteiger partial charge in [-0.05, 0) is 13.2 Å². The molecule has 0 aromatic carbocycles. The van der Waals surface area contributed by atoms with Crippen LogP contribution in [-0.2, 0) is 4.74 Å². The zero-order valence-corrected chi connectivity index (χ0v) is 11.2. The Morgan fingerprint density at radius 2 is 2.12 bits per heavy atom. The molecule has 0 aromatic heterocycles. The van der Waals surface area contributed by atoms with Crippen LogP contribution in [-0.4, -0.2) is 73.6 Å². The molecule has 16 heavy (non-hydrogen) atoms. The zero-order valence-electron chi connectivity index (χ0n) is 10.4. The number of ether oxygens (including phenoxy) is 1. The summed E-state index contributed by atoms with van der Waals surface area (Å²) in [5.74, 6) is 0.775. The van der Waals surface area contributed by atoms with Crippen molar-refractivity contribution in [3.05, 3.63) is 0 Å². The molecule has 0 amide bonds. The van der Waals surface area contributed by atoms with Gasteiger partial charge >= 0.3 is 0 Å².